The van der Waals surface area contributed by atoms with Gasteiger partial charge in [-0.25, -0.2) is 0 Å². The van der Waals surface area contributed by atoms with Crippen LogP contribution in [0.2, 0.25) is 0 Å². The number of amides is 2. The summed E-state index contributed by atoms with van der Waals surface area (Å²) in [6.07, 6.45) is 0.802. The highest BCUT2D eigenvalue weighted by Gasteiger charge is 2.25. The lowest BCUT2D eigenvalue weighted by atomic mass is 10.1. The van der Waals surface area contributed by atoms with Crippen molar-refractivity contribution in [2.24, 2.45) is 0 Å². The molecule has 0 bridgehead atoms. The number of anilines is 1. The van der Waals surface area contributed by atoms with Crippen molar-refractivity contribution in [2.45, 2.75) is 20.3 Å². The molecular formula is C27H31N5O2. The molecule has 0 N–H and O–H groups in total. The van der Waals surface area contributed by atoms with Crippen LogP contribution in [0.4, 0.5) is 5.82 Å². The van der Waals surface area contributed by atoms with Gasteiger partial charge in [-0.05, 0) is 37.6 Å². The molecule has 0 saturated carbocycles. The molecule has 7 heteroatoms. The molecule has 0 radical (unpaired) electrons. The van der Waals surface area contributed by atoms with E-state index in [0.29, 0.717) is 38.3 Å². The van der Waals surface area contributed by atoms with Crippen molar-refractivity contribution in [3.05, 3.63) is 77.9 Å². The van der Waals surface area contributed by atoms with Crippen LogP contribution in [0.25, 0.3) is 11.3 Å². The molecule has 7 nitrogen and oxygen atoms in total. The molecule has 1 saturated heterocycles. The van der Waals surface area contributed by atoms with Crippen LogP contribution in [-0.2, 0) is 4.79 Å². The Bertz CT molecular complexity index is 1090. The summed E-state index contributed by atoms with van der Waals surface area (Å²) in [5, 5.41) is 8.78. The van der Waals surface area contributed by atoms with E-state index in [1.165, 1.54) is 0 Å². The number of carbonyl (C=O) groups excluding carboxylic acids is 2. The molecular weight excluding hydrogens is 426 g/mol. The highest BCUT2D eigenvalue weighted by atomic mass is 16.2. The summed E-state index contributed by atoms with van der Waals surface area (Å²) in [6, 6.07) is 21.4. The van der Waals surface area contributed by atoms with E-state index in [2.05, 4.69) is 15.1 Å². The van der Waals surface area contributed by atoms with Crippen molar-refractivity contribution in [2.75, 3.05) is 44.2 Å². The third-order valence-corrected chi connectivity index (χ3v) is 6.08. The molecule has 0 spiro atoms. The van der Waals surface area contributed by atoms with Gasteiger partial charge in [0.15, 0.2) is 5.82 Å². The minimum Gasteiger partial charge on any atom is -0.352 e. The molecule has 2 amide bonds. The van der Waals surface area contributed by atoms with Crippen LogP contribution in [0, 0.1) is 6.92 Å². The molecule has 2 aromatic carbocycles. The highest BCUT2D eigenvalue weighted by molar-refractivity contribution is 5.96. The predicted octanol–water partition coefficient (Wildman–Crippen LogP) is 3.65. The zero-order valence-corrected chi connectivity index (χ0v) is 19.9. The van der Waals surface area contributed by atoms with E-state index in [9.17, 15) is 9.59 Å². The van der Waals surface area contributed by atoms with Crippen LogP contribution in [-0.4, -0.2) is 71.1 Å². The number of nitrogens with zero attached hydrogens (tertiary/aromatic N) is 5. The van der Waals surface area contributed by atoms with Gasteiger partial charge in [-0.15, -0.1) is 10.2 Å². The largest absolute Gasteiger partial charge is 0.352 e. The number of hydrogen-bond donors (Lipinski definition) is 0. The lowest BCUT2D eigenvalue weighted by molar-refractivity contribution is -0.132. The van der Waals surface area contributed by atoms with E-state index < -0.39 is 0 Å². The quantitative estimate of drug-likeness (QED) is 0.542. The monoisotopic (exact) mass is 457 g/mol. The van der Waals surface area contributed by atoms with E-state index in [1.807, 2.05) is 85.5 Å². The molecule has 4 rings (SSSR count). The fourth-order valence-electron chi connectivity index (χ4n) is 4.11. The Morgan fingerprint density at radius 1 is 0.882 bits per heavy atom. The average Bonchev–Trinajstić information content (AvgIpc) is 2.89. The fourth-order valence-corrected chi connectivity index (χ4v) is 4.11. The average molecular weight is 458 g/mol. The number of rotatable bonds is 7. The van der Waals surface area contributed by atoms with Crippen LogP contribution < -0.4 is 4.90 Å². The Morgan fingerprint density at radius 2 is 1.59 bits per heavy atom. The molecule has 1 aliphatic rings. The summed E-state index contributed by atoms with van der Waals surface area (Å²) in [5.74, 6) is 0.704. The second-order valence-electron chi connectivity index (χ2n) is 8.60. The number of aromatic nitrogens is 2. The van der Waals surface area contributed by atoms with Gasteiger partial charge in [0.05, 0.1) is 5.69 Å². The smallest absolute Gasteiger partial charge is 0.254 e. The first-order valence-corrected chi connectivity index (χ1v) is 11.8. The SMILES string of the molecule is CCCN(CC(=O)N1CCN(c2ccc(-c3ccccc3)nn2)CC1)C(=O)c1ccc(C)cc1. The van der Waals surface area contributed by atoms with Gasteiger partial charge in [0, 0.05) is 43.9 Å². The summed E-state index contributed by atoms with van der Waals surface area (Å²) in [5.41, 5.74) is 3.60. The van der Waals surface area contributed by atoms with Crippen LogP contribution in [0.3, 0.4) is 0 Å². The van der Waals surface area contributed by atoms with E-state index >= 15 is 0 Å². The van der Waals surface area contributed by atoms with Gasteiger partial charge in [0.2, 0.25) is 5.91 Å². The van der Waals surface area contributed by atoms with Crippen LogP contribution >= 0.6 is 0 Å². The molecule has 176 valence electrons. The Balaban J connectivity index is 1.33. The maximum Gasteiger partial charge on any atom is 0.254 e. The Morgan fingerprint density at radius 3 is 2.21 bits per heavy atom. The topological polar surface area (TPSA) is 69.6 Å². The summed E-state index contributed by atoms with van der Waals surface area (Å²) >= 11 is 0. The molecule has 2 heterocycles. The van der Waals surface area contributed by atoms with Gasteiger partial charge in [-0.1, -0.05) is 55.0 Å². The van der Waals surface area contributed by atoms with Crippen molar-refractivity contribution < 1.29 is 9.59 Å². The number of hydrogen-bond acceptors (Lipinski definition) is 5. The maximum absolute atomic E-state index is 13.0. The first kappa shape index (κ1) is 23.4. The van der Waals surface area contributed by atoms with Crippen molar-refractivity contribution in [1.82, 2.24) is 20.0 Å². The van der Waals surface area contributed by atoms with Crippen LogP contribution in [0.1, 0.15) is 29.3 Å². The summed E-state index contributed by atoms with van der Waals surface area (Å²) < 4.78 is 0. The van der Waals surface area contributed by atoms with E-state index in [1.54, 1.807) is 4.90 Å². The lowest BCUT2D eigenvalue weighted by Crippen LogP contribution is -2.52. The second-order valence-corrected chi connectivity index (χ2v) is 8.60. The van der Waals surface area contributed by atoms with Gasteiger partial charge >= 0.3 is 0 Å². The minimum atomic E-state index is -0.0948. The zero-order valence-electron chi connectivity index (χ0n) is 19.9. The highest BCUT2D eigenvalue weighted by Crippen LogP contribution is 2.19. The third kappa shape index (κ3) is 5.60. The zero-order chi connectivity index (χ0) is 23.9. The van der Waals surface area contributed by atoms with Crippen LogP contribution in [0.15, 0.2) is 66.7 Å². The first-order valence-electron chi connectivity index (χ1n) is 11.8. The van der Waals surface area contributed by atoms with E-state index in [0.717, 1.165) is 29.1 Å². The molecule has 1 aromatic heterocycles. The fraction of sp³-hybridized carbons (Fsp3) is 0.333. The molecule has 1 fully saturated rings. The standard InChI is InChI=1S/C27H31N5O2/c1-3-15-32(27(34)23-11-9-21(2)10-12-23)20-26(33)31-18-16-30(17-19-31)25-14-13-24(28-29-25)22-7-5-4-6-8-22/h4-14H,3,15-20H2,1-2H3. The lowest BCUT2D eigenvalue weighted by Gasteiger charge is -2.36. The number of aryl methyl sites for hydroxylation is 1. The molecule has 34 heavy (non-hydrogen) atoms. The summed E-state index contributed by atoms with van der Waals surface area (Å²) in [7, 11) is 0. The summed E-state index contributed by atoms with van der Waals surface area (Å²) in [4.78, 5) is 31.6. The normalized spacial score (nSPS) is 13.6. The molecule has 0 atom stereocenters. The second kappa shape index (κ2) is 10.9. The van der Waals surface area contributed by atoms with Crippen molar-refractivity contribution in [3.63, 3.8) is 0 Å². The van der Waals surface area contributed by atoms with Gasteiger partial charge in [-0.3, -0.25) is 9.59 Å². The van der Waals surface area contributed by atoms with Gasteiger partial charge in [-0.2, -0.15) is 0 Å². The van der Waals surface area contributed by atoms with Crippen LogP contribution in [0.5, 0.6) is 0 Å². The predicted molar refractivity (Wildman–Crippen MR) is 134 cm³/mol. The van der Waals surface area contributed by atoms with Gasteiger partial charge in [0.1, 0.15) is 6.54 Å². The Labute approximate surface area is 201 Å². The van der Waals surface area contributed by atoms with E-state index in [-0.39, 0.29) is 18.4 Å². The number of benzene rings is 2. The molecule has 0 unspecified atom stereocenters. The van der Waals surface area contributed by atoms with Gasteiger partial charge in [0.25, 0.3) is 5.91 Å². The van der Waals surface area contributed by atoms with E-state index in [4.69, 9.17) is 0 Å². The summed E-state index contributed by atoms with van der Waals surface area (Å²) in [6.45, 7) is 7.23. The minimum absolute atomic E-state index is 0.0147. The Kier molecular flexibility index (Phi) is 7.52. The van der Waals surface area contributed by atoms with Crippen molar-refractivity contribution >= 4 is 17.6 Å². The molecule has 0 aliphatic carbocycles. The van der Waals surface area contributed by atoms with Crippen molar-refractivity contribution in [3.8, 4) is 11.3 Å². The Hall–Kier alpha value is -3.74. The van der Waals surface area contributed by atoms with Gasteiger partial charge < -0.3 is 14.7 Å². The molecule has 3 aromatic rings. The maximum atomic E-state index is 13.0. The number of carbonyl (C=O) groups is 2. The number of piperazine rings is 1. The first-order chi connectivity index (χ1) is 16.5. The third-order valence-electron chi connectivity index (χ3n) is 6.08. The molecule has 1 aliphatic heterocycles. The van der Waals surface area contributed by atoms with Crippen molar-refractivity contribution in [1.29, 1.82) is 0 Å².